The quantitative estimate of drug-likeness (QED) is 0.453. The van der Waals surface area contributed by atoms with Crippen LogP contribution in [0, 0.1) is 6.92 Å². The molecule has 0 radical (unpaired) electrons. The van der Waals surface area contributed by atoms with Crippen molar-refractivity contribution in [2.24, 2.45) is 0 Å². The summed E-state index contributed by atoms with van der Waals surface area (Å²) in [5.41, 5.74) is 2.76. The Morgan fingerprint density at radius 2 is 1.42 bits per heavy atom. The molecule has 3 rings (SSSR count). The van der Waals surface area contributed by atoms with Gasteiger partial charge in [-0.2, -0.15) is 4.31 Å². The largest absolute Gasteiger partial charge is 0.340 e. The maximum absolute atomic E-state index is 13.4. The predicted octanol–water partition coefficient (Wildman–Crippen LogP) is 4.61. The van der Waals surface area contributed by atoms with E-state index in [1.54, 1.807) is 36.2 Å². The Labute approximate surface area is 192 Å². The molecule has 5 nitrogen and oxygen atoms in total. The summed E-state index contributed by atoms with van der Waals surface area (Å²) < 4.78 is 28.9. The summed E-state index contributed by atoms with van der Waals surface area (Å²) in [6.45, 7) is 2.18. The van der Waals surface area contributed by atoms with E-state index >= 15 is 0 Å². The molecule has 0 aliphatic rings. The molecule has 0 spiro atoms. The van der Waals surface area contributed by atoms with Crippen LogP contribution in [-0.2, 0) is 27.9 Å². The van der Waals surface area contributed by atoms with Crippen molar-refractivity contribution in [1.29, 1.82) is 0 Å². The number of carbonyl (C=O) groups is 1. The van der Waals surface area contributed by atoms with Crippen LogP contribution in [0.4, 0.5) is 0 Å². The van der Waals surface area contributed by atoms with Crippen molar-refractivity contribution in [3.05, 3.63) is 100 Å². The molecular formula is C24H25BrN2O3S. The molecule has 31 heavy (non-hydrogen) atoms. The van der Waals surface area contributed by atoms with Gasteiger partial charge in [0.25, 0.3) is 0 Å². The van der Waals surface area contributed by atoms with Crippen molar-refractivity contribution >= 4 is 31.9 Å². The summed E-state index contributed by atoms with van der Waals surface area (Å²) in [4.78, 5) is 14.7. The summed E-state index contributed by atoms with van der Waals surface area (Å²) in [6.07, 6.45) is 0. The highest BCUT2D eigenvalue weighted by Gasteiger charge is 2.28. The zero-order chi connectivity index (χ0) is 22.4. The van der Waals surface area contributed by atoms with Gasteiger partial charge >= 0.3 is 0 Å². The molecule has 0 atom stereocenters. The third-order valence-corrected chi connectivity index (χ3v) is 7.27. The second-order valence-electron chi connectivity index (χ2n) is 7.45. The van der Waals surface area contributed by atoms with Crippen LogP contribution < -0.4 is 0 Å². The minimum atomic E-state index is -3.85. The van der Waals surface area contributed by atoms with E-state index in [1.807, 2.05) is 61.5 Å². The number of hydrogen-bond donors (Lipinski definition) is 0. The fourth-order valence-electron chi connectivity index (χ4n) is 3.10. The van der Waals surface area contributed by atoms with E-state index in [0.717, 1.165) is 21.2 Å². The van der Waals surface area contributed by atoms with Crippen molar-refractivity contribution in [3.63, 3.8) is 0 Å². The fraction of sp³-hybridized carbons (Fsp3) is 0.208. The molecule has 0 bridgehead atoms. The molecule has 0 aliphatic heterocycles. The van der Waals surface area contributed by atoms with Crippen LogP contribution in [0.25, 0.3) is 0 Å². The van der Waals surface area contributed by atoms with E-state index in [2.05, 4.69) is 15.9 Å². The second-order valence-corrected chi connectivity index (χ2v) is 10.3. The van der Waals surface area contributed by atoms with Crippen molar-refractivity contribution in [2.45, 2.75) is 24.9 Å². The molecule has 0 unspecified atom stereocenters. The predicted molar refractivity (Wildman–Crippen MR) is 126 cm³/mol. The van der Waals surface area contributed by atoms with Gasteiger partial charge in [-0.05, 0) is 42.3 Å². The lowest BCUT2D eigenvalue weighted by atomic mass is 10.2. The molecule has 0 aromatic heterocycles. The summed E-state index contributed by atoms with van der Waals surface area (Å²) in [6, 6.07) is 23.7. The lowest BCUT2D eigenvalue weighted by molar-refractivity contribution is -0.130. The molecule has 1 amide bonds. The zero-order valence-corrected chi connectivity index (χ0v) is 19.9. The Balaban J connectivity index is 1.85. The third kappa shape index (κ3) is 6.26. The number of amides is 1. The highest BCUT2D eigenvalue weighted by Crippen LogP contribution is 2.20. The Morgan fingerprint density at radius 1 is 0.839 bits per heavy atom. The minimum absolute atomic E-state index is 0.106. The van der Waals surface area contributed by atoms with Crippen molar-refractivity contribution < 1.29 is 13.2 Å². The van der Waals surface area contributed by atoms with Gasteiger partial charge in [0.15, 0.2) is 0 Å². The second kappa shape index (κ2) is 10.2. The Bertz CT molecular complexity index is 1120. The first-order chi connectivity index (χ1) is 14.8. The van der Waals surface area contributed by atoms with Crippen molar-refractivity contribution in [2.75, 3.05) is 13.6 Å². The van der Waals surface area contributed by atoms with Crippen LogP contribution in [0.3, 0.4) is 0 Å². The van der Waals surface area contributed by atoms with Crippen LogP contribution in [0.1, 0.15) is 16.7 Å². The number of carbonyl (C=O) groups excluding carboxylic acids is 1. The minimum Gasteiger partial charge on any atom is -0.340 e. The number of nitrogens with zero attached hydrogens (tertiary/aromatic N) is 2. The number of sulfonamides is 1. The first-order valence-electron chi connectivity index (χ1n) is 9.85. The first-order valence-corrected chi connectivity index (χ1v) is 12.1. The molecule has 7 heteroatoms. The lowest BCUT2D eigenvalue weighted by Gasteiger charge is -2.25. The molecular weight excluding hydrogens is 476 g/mol. The molecule has 3 aromatic carbocycles. The van der Waals surface area contributed by atoms with Crippen molar-refractivity contribution in [1.82, 2.24) is 9.21 Å². The van der Waals surface area contributed by atoms with Gasteiger partial charge in [0, 0.05) is 24.6 Å². The van der Waals surface area contributed by atoms with Gasteiger partial charge in [-0.1, -0.05) is 76.1 Å². The number of hydrogen-bond acceptors (Lipinski definition) is 3. The van der Waals surface area contributed by atoms with Gasteiger partial charge in [-0.15, -0.1) is 0 Å². The van der Waals surface area contributed by atoms with E-state index in [0.29, 0.717) is 6.54 Å². The average Bonchev–Trinajstić information content (AvgIpc) is 2.75. The van der Waals surface area contributed by atoms with Gasteiger partial charge in [-0.25, -0.2) is 8.42 Å². The number of benzene rings is 3. The van der Waals surface area contributed by atoms with Gasteiger partial charge in [0.05, 0.1) is 11.4 Å². The topological polar surface area (TPSA) is 57.7 Å². The van der Waals surface area contributed by atoms with E-state index in [9.17, 15) is 13.2 Å². The standard InChI is InChI=1S/C24H25BrN2O3S/c1-19-8-14-23(15-9-19)31(29,30)27(17-21-10-12-22(25)13-11-21)18-24(28)26(2)16-20-6-4-3-5-7-20/h3-15H,16-18H2,1-2H3. The normalized spacial score (nSPS) is 11.5. The maximum Gasteiger partial charge on any atom is 0.243 e. The molecule has 0 aliphatic carbocycles. The highest BCUT2D eigenvalue weighted by atomic mass is 79.9. The molecule has 162 valence electrons. The SMILES string of the molecule is Cc1ccc(S(=O)(=O)N(CC(=O)N(C)Cc2ccccc2)Cc2ccc(Br)cc2)cc1. The fourth-order valence-corrected chi connectivity index (χ4v) is 4.74. The van der Waals surface area contributed by atoms with E-state index in [1.165, 1.54) is 4.31 Å². The number of halogens is 1. The molecule has 0 fully saturated rings. The number of rotatable bonds is 8. The van der Waals surface area contributed by atoms with Gasteiger partial charge in [0.2, 0.25) is 15.9 Å². The molecule has 3 aromatic rings. The number of aryl methyl sites for hydroxylation is 1. The van der Waals surface area contributed by atoms with E-state index in [-0.39, 0.29) is 23.9 Å². The molecule has 0 heterocycles. The van der Waals surface area contributed by atoms with Crippen LogP contribution in [-0.4, -0.2) is 37.1 Å². The summed E-state index contributed by atoms with van der Waals surface area (Å²) in [5, 5.41) is 0. The lowest BCUT2D eigenvalue weighted by Crippen LogP contribution is -2.40. The van der Waals surface area contributed by atoms with Crippen LogP contribution in [0.15, 0.2) is 88.2 Å². The molecule has 0 N–H and O–H groups in total. The first kappa shape index (κ1) is 23.2. The van der Waals surface area contributed by atoms with Gasteiger partial charge in [-0.3, -0.25) is 4.79 Å². The smallest absolute Gasteiger partial charge is 0.243 e. The monoisotopic (exact) mass is 500 g/mol. The van der Waals surface area contributed by atoms with Crippen LogP contribution >= 0.6 is 15.9 Å². The van der Waals surface area contributed by atoms with Crippen LogP contribution in [0.5, 0.6) is 0 Å². The third-order valence-electron chi connectivity index (χ3n) is 4.93. The Kier molecular flexibility index (Phi) is 7.64. The zero-order valence-electron chi connectivity index (χ0n) is 17.5. The summed E-state index contributed by atoms with van der Waals surface area (Å²) in [5.74, 6) is -0.267. The maximum atomic E-state index is 13.4. The van der Waals surface area contributed by atoms with Crippen LogP contribution in [0.2, 0.25) is 0 Å². The summed E-state index contributed by atoms with van der Waals surface area (Å²) >= 11 is 3.39. The average molecular weight is 501 g/mol. The van der Waals surface area contributed by atoms with E-state index in [4.69, 9.17) is 0 Å². The number of likely N-dealkylation sites (N-methyl/N-ethyl adjacent to an activating group) is 1. The van der Waals surface area contributed by atoms with Gasteiger partial charge in [0.1, 0.15) is 0 Å². The van der Waals surface area contributed by atoms with E-state index < -0.39 is 10.0 Å². The Morgan fingerprint density at radius 3 is 2.03 bits per heavy atom. The Hall–Kier alpha value is -2.48. The summed E-state index contributed by atoms with van der Waals surface area (Å²) in [7, 11) is -2.17. The van der Waals surface area contributed by atoms with Crippen molar-refractivity contribution in [3.8, 4) is 0 Å². The molecule has 0 saturated heterocycles. The highest BCUT2D eigenvalue weighted by molar-refractivity contribution is 9.10. The van der Waals surface area contributed by atoms with Gasteiger partial charge < -0.3 is 4.90 Å². The molecule has 0 saturated carbocycles.